The summed E-state index contributed by atoms with van der Waals surface area (Å²) < 4.78 is 0. The van der Waals surface area contributed by atoms with Crippen LogP contribution in [0.25, 0.3) is 0 Å². The Balaban J connectivity index is 2.01. The Kier molecular flexibility index (Phi) is 5.98. The van der Waals surface area contributed by atoms with Gasteiger partial charge in [0.15, 0.2) is 0 Å². The molecule has 1 heterocycles. The largest absolute Gasteiger partial charge is 0.389 e. The molecule has 0 spiro atoms. The average molecular weight is 393 g/mol. The summed E-state index contributed by atoms with van der Waals surface area (Å²) >= 11 is 12.2. The zero-order chi connectivity index (χ0) is 18.9. The highest BCUT2D eigenvalue weighted by Crippen LogP contribution is 2.44. The second-order valence-corrected chi connectivity index (χ2v) is 8.63. The Morgan fingerprint density at radius 2 is 1.38 bits per heavy atom. The quantitative estimate of drug-likeness (QED) is 0.740. The van der Waals surface area contributed by atoms with Crippen LogP contribution >= 0.6 is 23.2 Å². The number of piperidine rings is 1. The van der Waals surface area contributed by atoms with E-state index in [0.29, 0.717) is 0 Å². The van der Waals surface area contributed by atoms with E-state index in [4.69, 9.17) is 23.2 Å². The van der Waals surface area contributed by atoms with Crippen LogP contribution in [0.1, 0.15) is 56.8 Å². The Labute approximate surface area is 166 Å². The second kappa shape index (κ2) is 7.90. The topological polar surface area (TPSA) is 36.8 Å². The van der Waals surface area contributed by atoms with Crippen molar-refractivity contribution in [3.63, 3.8) is 0 Å². The van der Waals surface area contributed by atoms with E-state index in [9.17, 15) is 5.11 Å². The van der Waals surface area contributed by atoms with E-state index >= 15 is 0 Å². The molecule has 0 saturated carbocycles. The molecule has 2 nitrogen and oxygen atoms in total. The number of hydrogen-bond donors (Lipinski definition) is 2. The summed E-state index contributed by atoms with van der Waals surface area (Å²) in [4.78, 5) is 0. The van der Waals surface area contributed by atoms with E-state index in [1.165, 1.54) is 11.1 Å². The molecular weight excluding hydrogens is 365 g/mol. The van der Waals surface area contributed by atoms with Crippen molar-refractivity contribution in [3.8, 4) is 0 Å². The lowest BCUT2D eigenvalue weighted by molar-refractivity contribution is -0.764. The third kappa shape index (κ3) is 3.80. The number of nitrogens with two attached hydrogens (primary N) is 1. The standard InChI is InChI=1S/C22H27Cl2NO/c1-4-5-19-21(16-8-12-18(24)13-9-16)25-20(14(2)22(19,3)26)15-6-10-17(23)11-7-15/h6-14,19-21,25-26H,4-5H2,1-3H3/p+1/t14-,19-,20-,21+,22+/m0/s1. The van der Waals surface area contributed by atoms with Crippen LogP contribution in [0.5, 0.6) is 0 Å². The van der Waals surface area contributed by atoms with Crippen molar-refractivity contribution in [2.24, 2.45) is 11.8 Å². The van der Waals surface area contributed by atoms with Crippen molar-refractivity contribution in [2.45, 2.75) is 51.3 Å². The first-order valence-electron chi connectivity index (χ1n) is 9.43. The Morgan fingerprint density at radius 1 is 0.923 bits per heavy atom. The normalized spacial score (nSPS) is 31.8. The van der Waals surface area contributed by atoms with Gasteiger partial charge < -0.3 is 10.4 Å². The minimum absolute atomic E-state index is 0.128. The second-order valence-electron chi connectivity index (χ2n) is 7.76. The average Bonchev–Trinajstić information content (AvgIpc) is 2.62. The molecule has 3 N–H and O–H groups in total. The van der Waals surface area contributed by atoms with Crippen molar-refractivity contribution in [1.82, 2.24) is 0 Å². The number of hydrogen-bond acceptors (Lipinski definition) is 1. The van der Waals surface area contributed by atoms with Gasteiger partial charge in [0, 0.05) is 33.0 Å². The molecule has 0 unspecified atom stereocenters. The van der Waals surface area contributed by atoms with Crippen LogP contribution < -0.4 is 5.32 Å². The van der Waals surface area contributed by atoms with Gasteiger partial charge in [0.05, 0.1) is 5.60 Å². The number of quaternary nitrogens is 1. The Hall–Kier alpha value is -1.06. The van der Waals surface area contributed by atoms with Gasteiger partial charge >= 0.3 is 0 Å². The molecule has 2 aromatic rings. The zero-order valence-corrected chi connectivity index (χ0v) is 17.1. The van der Waals surface area contributed by atoms with Crippen molar-refractivity contribution < 1.29 is 10.4 Å². The van der Waals surface area contributed by atoms with Gasteiger partial charge in [-0.15, -0.1) is 0 Å². The third-order valence-corrected chi connectivity index (χ3v) is 6.67. The smallest absolute Gasteiger partial charge is 0.118 e. The van der Waals surface area contributed by atoms with Gasteiger partial charge in [-0.1, -0.05) is 67.7 Å². The highest BCUT2D eigenvalue weighted by Gasteiger charge is 2.52. The van der Waals surface area contributed by atoms with Gasteiger partial charge in [-0.25, -0.2) is 0 Å². The van der Waals surface area contributed by atoms with Crippen molar-refractivity contribution in [2.75, 3.05) is 0 Å². The highest BCUT2D eigenvalue weighted by atomic mass is 35.5. The molecule has 3 rings (SSSR count). The molecule has 0 amide bonds. The molecule has 2 aromatic carbocycles. The van der Waals surface area contributed by atoms with Crippen LogP contribution in [-0.4, -0.2) is 10.7 Å². The lowest BCUT2D eigenvalue weighted by Crippen LogP contribution is -2.93. The molecule has 0 bridgehead atoms. The van der Waals surface area contributed by atoms with Crippen molar-refractivity contribution in [1.29, 1.82) is 0 Å². The zero-order valence-electron chi connectivity index (χ0n) is 15.6. The predicted octanol–water partition coefficient (Wildman–Crippen LogP) is 5.16. The molecule has 4 heteroatoms. The fourth-order valence-electron chi connectivity index (χ4n) is 4.48. The van der Waals surface area contributed by atoms with Gasteiger partial charge in [0.2, 0.25) is 0 Å². The van der Waals surface area contributed by atoms with Crippen molar-refractivity contribution >= 4 is 23.2 Å². The third-order valence-electron chi connectivity index (χ3n) is 6.17. The van der Waals surface area contributed by atoms with Crippen LogP contribution in [0.2, 0.25) is 10.0 Å². The fourth-order valence-corrected chi connectivity index (χ4v) is 4.74. The first kappa shape index (κ1) is 19.7. The van der Waals surface area contributed by atoms with Crippen molar-refractivity contribution in [3.05, 3.63) is 69.7 Å². The van der Waals surface area contributed by atoms with E-state index in [-0.39, 0.29) is 23.9 Å². The van der Waals surface area contributed by atoms with E-state index in [1.807, 2.05) is 31.2 Å². The molecule has 1 saturated heterocycles. The molecular formula is C22H28Cl2NO+. The monoisotopic (exact) mass is 392 g/mol. The Bertz CT molecular complexity index is 727. The fraction of sp³-hybridized carbons (Fsp3) is 0.455. The molecule has 5 atom stereocenters. The van der Waals surface area contributed by atoms with Gasteiger partial charge in [-0.2, -0.15) is 0 Å². The molecule has 1 fully saturated rings. The molecule has 0 aliphatic carbocycles. The van der Waals surface area contributed by atoms with Crippen LogP contribution in [0, 0.1) is 11.8 Å². The first-order chi connectivity index (χ1) is 12.3. The number of rotatable bonds is 4. The molecule has 0 radical (unpaired) electrons. The van der Waals surface area contributed by atoms with Crippen LogP contribution in [0.4, 0.5) is 0 Å². The maximum absolute atomic E-state index is 11.5. The summed E-state index contributed by atoms with van der Waals surface area (Å²) in [6.45, 7) is 6.36. The van der Waals surface area contributed by atoms with Gasteiger partial charge in [-0.3, -0.25) is 0 Å². The Morgan fingerprint density at radius 3 is 1.85 bits per heavy atom. The summed E-state index contributed by atoms with van der Waals surface area (Å²) in [6.07, 6.45) is 2.05. The summed E-state index contributed by atoms with van der Waals surface area (Å²) in [5, 5.41) is 15.4. The number of aliphatic hydroxyl groups is 1. The van der Waals surface area contributed by atoms with Crippen LogP contribution in [-0.2, 0) is 0 Å². The lowest BCUT2D eigenvalue weighted by atomic mass is 9.65. The van der Waals surface area contributed by atoms with E-state index in [0.717, 1.165) is 22.9 Å². The number of benzene rings is 2. The minimum atomic E-state index is -0.751. The lowest BCUT2D eigenvalue weighted by Gasteiger charge is -2.49. The summed E-state index contributed by atoms with van der Waals surface area (Å²) in [6, 6.07) is 16.5. The predicted molar refractivity (Wildman–Crippen MR) is 108 cm³/mol. The molecule has 1 aliphatic rings. The van der Waals surface area contributed by atoms with Gasteiger partial charge in [0.1, 0.15) is 12.1 Å². The van der Waals surface area contributed by atoms with E-state index in [1.54, 1.807) is 0 Å². The van der Waals surface area contributed by atoms with Crippen LogP contribution in [0.15, 0.2) is 48.5 Å². The van der Waals surface area contributed by atoms with Gasteiger partial charge in [-0.05, 0) is 37.6 Å². The maximum atomic E-state index is 11.5. The maximum Gasteiger partial charge on any atom is 0.118 e. The van der Waals surface area contributed by atoms with E-state index in [2.05, 4.69) is 43.4 Å². The SMILES string of the molecule is CCC[C@H]1[C@@H](c2ccc(Cl)cc2)[NH2+][C@H](c2ccc(Cl)cc2)[C@H](C)[C@@]1(C)O. The summed E-state index contributed by atoms with van der Waals surface area (Å²) in [5.74, 6) is 0.316. The van der Waals surface area contributed by atoms with Crippen LogP contribution in [0.3, 0.4) is 0 Å². The number of halogens is 2. The summed E-state index contributed by atoms with van der Waals surface area (Å²) in [7, 11) is 0. The summed E-state index contributed by atoms with van der Waals surface area (Å²) in [5.41, 5.74) is 1.68. The molecule has 1 aliphatic heterocycles. The van der Waals surface area contributed by atoms with E-state index < -0.39 is 5.60 Å². The molecule has 0 aromatic heterocycles. The highest BCUT2D eigenvalue weighted by molar-refractivity contribution is 6.30. The molecule has 140 valence electrons. The van der Waals surface area contributed by atoms with Gasteiger partial charge in [0.25, 0.3) is 0 Å². The first-order valence-corrected chi connectivity index (χ1v) is 10.2. The molecule has 26 heavy (non-hydrogen) atoms. The minimum Gasteiger partial charge on any atom is -0.389 e.